The molecule has 1 aromatic heterocycles. The van der Waals surface area contributed by atoms with Crippen molar-refractivity contribution < 1.29 is 4.52 Å². The minimum atomic E-state index is 0.162. The van der Waals surface area contributed by atoms with Crippen molar-refractivity contribution in [3.05, 3.63) is 29.0 Å². The number of thioether (sulfide) groups is 1. The number of hydrogen-bond acceptors (Lipinski definition) is 5. The van der Waals surface area contributed by atoms with E-state index < -0.39 is 0 Å². The van der Waals surface area contributed by atoms with Crippen molar-refractivity contribution in [1.82, 2.24) is 10.1 Å². The number of rotatable bonds is 3. The Labute approximate surface area is 121 Å². The van der Waals surface area contributed by atoms with Gasteiger partial charge in [0.05, 0.1) is 16.3 Å². The zero-order chi connectivity index (χ0) is 14.0. The van der Waals surface area contributed by atoms with E-state index >= 15 is 0 Å². The van der Waals surface area contributed by atoms with Gasteiger partial charge in [0.2, 0.25) is 0 Å². The molecule has 1 heterocycles. The largest absolute Gasteiger partial charge is 0.399 e. The van der Waals surface area contributed by atoms with Gasteiger partial charge in [-0.25, -0.2) is 0 Å². The quantitative estimate of drug-likeness (QED) is 0.867. The van der Waals surface area contributed by atoms with Gasteiger partial charge in [-0.1, -0.05) is 37.5 Å². The maximum absolute atomic E-state index is 6.10. The van der Waals surface area contributed by atoms with E-state index in [-0.39, 0.29) is 4.75 Å². The van der Waals surface area contributed by atoms with Crippen molar-refractivity contribution in [1.29, 1.82) is 0 Å². The van der Waals surface area contributed by atoms with Crippen molar-refractivity contribution >= 4 is 29.1 Å². The Hall–Kier alpha value is -1.20. The highest BCUT2D eigenvalue weighted by molar-refractivity contribution is 7.99. The molecule has 19 heavy (non-hydrogen) atoms. The Morgan fingerprint density at radius 2 is 2.11 bits per heavy atom. The molecule has 0 unspecified atom stereocenters. The van der Waals surface area contributed by atoms with Crippen molar-refractivity contribution in [3.8, 4) is 11.5 Å². The lowest BCUT2D eigenvalue weighted by molar-refractivity contribution is 0.425. The van der Waals surface area contributed by atoms with Crippen LogP contribution < -0.4 is 5.73 Å². The molecule has 2 rings (SSSR count). The number of nitrogens with two attached hydrogens (primary N) is 1. The number of anilines is 1. The van der Waals surface area contributed by atoms with Crippen LogP contribution in [0.4, 0.5) is 5.69 Å². The first-order valence-electron chi connectivity index (χ1n) is 5.87. The third kappa shape index (κ3) is 3.88. The number of nitrogen functional groups attached to an aromatic ring is 1. The first-order valence-corrected chi connectivity index (χ1v) is 7.23. The fourth-order valence-corrected chi connectivity index (χ4v) is 2.29. The van der Waals surface area contributed by atoms with E-state index in [2.05, 4.69) is 30.9 Å². The first-order chi connectivity index (χ1) is 8.85. The van der Waals surface area contributed by atoms with Crippen LogP contribution in [0, 0.1) is 0 Å². The van der Waals surface area contributed by atoms with E-state index in [9.17, 15) is 0 Å². The van der Waals surface area contributed by atoms with Gasteiger partial charge < -0.3 is 10.3 Å². The number of nitrogens with zero attached hydrogens (tertiary/aromatic N) is 2. The molecule has 0 atom stereocenters. The van der Waals surface area contributed by atoms with E-state index in [4.69, 9.17) is 21.9 Å². The van der Waals surface area contributed by atoms with Crippen molar-refractivity contribution in [3.63, 3.8) is 0 Å². The molecule has 102 valence electrons. The number of hydrogen-bond donors (Lipinski definition) is 1. The van der Waals surface area contributed by atoms with Crippen LogP contribution in [-0.2, 0) is 5.75 Å². The highest BCUT2D eigenvalue weighted by Gasteiger charge is 2.16. The minimum absolute atomic E-state index is 0.162. The molecule has 0 bridgehead atoms. The number of aromatic nitrogens is 2. The molecule has 0 aliphatic carbocycles. The molecule has 0 radical (unpaired) electrons. The van der Waals surface area contributed by atoms with Crippen LogP contribution in [0.2, 0.25) is 5.02 Å². The highest BCUT2D eigenvalue weighted by Crippen LogP contribution is 2.30. The van der Waals surface area contributed by atoms with Crippen LogP contribution in [0.3, 0.4) is 0 Å². The smallest absolute Gasteiger partial charge is 0.259 e. The molecular formula is C13H16ClN3OS. The monoisotopic (exact) mass is 297 g/mol. The SMILES string of the molecule is CC(C)(C)SCc1noc(-c2cc(N)ccc2Cl)n1. The lowest BCUT2D eigenvalue weighted by Gasteiger charge is -2.15. The third-order valence-corrected chi connectivity index (χ3v) is 3.92. The molecule has 4 nitrogen and oxygen atoms in total. The highest BCUT2D eigenvalue weighted by atomic mass is 35.5. The van der Waals surface area contributed by atoms with Crippen LogP contribution in [0.1, 0.15) is 26.6 Å². The predicted octanol–water partition coefficient (Wildman–Crippen LogP) is 4.00. The minimum Gasteiger partial charge on any atom is -0.399 e. The average molecular weight is 298 g/mol. The van der Waals surface area contributed by atoms with E-state index in [1.807, 2.05) is 0 Å². The molecule has 2 N–H and O–H groups in total. The summed E-state index contributed by atoms with van der Waals surface area (Å²) in [5, 5.41) is 4.51. The molecule has 2 aromatic rings. The molecule has 0 saturated carbocycles. The standard InChI is InChI=1S/C13H16ClN3OS/c1-13(2,3)19-7-11-16-12(18-17-11)9-6-8(15)4-5-10(9)14/h4-6H,7,15H2,1-3H3. The van der Waals surface area contributed by atoms with Crippen molar-refractivity contribution in [2.24, 2.45) is 0 Å². The summed E-state index contributed by atoms with van der Waals surface area (Å²) in [4.78, 5) is 4.35. The van der Waals surface area contributed by atoms with Crippen LogP contribution in [-0.4, -0.2) is 14.9 Å². The van der Waals surface area contributed by atoms with Crippen LogP contribution in [0.5, 0.6) is 0 Å². The lowest BCUT2D eigenvalue weighted by Crippen LogP contribution is -2.07. The topological polar surface area (TPSA) is 64.9 Å². The summed E-state index contributed by atoms with van der Waals surface area (Å²) < 4.78 is 5.40. The van der Waals surface area contributed by atoms with Gasteiger partial charge in [-0.2, -0.15) is 4.98 Å². The Bertz CT molecular complexity index is 578. The second-order valence-electron chi connectivity index (χ2n) is 5.16. The summed E-state index contributed by atoms with van der Waals surface area (Å²) in [7, 11) is 0. The van der Waals surface area contributed by atoms with Crippen LogP contribution in [0.15, 0.2) is 22.7 Å². The van der Waals surface area contributed by atoms with Gasteiger partial charge in [0.15, 0.2) is 5.82 Å². The van der Waals surface area contributed by atoms with Crippen LogP contribution in [0.25, 0.3) is 11.5 Å². The molecule has 0 aliphatic rings. The molecular weight excluding hydrogens is 282 g/mol. The molecule has 0 spiro atoms. The van der Waals surface area contributed by atoms with E-state index in [1.54, 1.807) is 30.0 Å². The summed E-state index contributed by atoms with van der Waals surface area (Å²) in [6.45, 7) is 6.44. The zero-order valence-corrected chi connectivity index (χ0v) is 12.7. The molecule has 0 saturated heterocycles. The van der Waals surface area contributed by atoms with Gasteiger partial charge in [-0.15, -0.1) is 11.8 Å². The van der Waals surface area contributed by atoms with E-state index in [0.717, 1.165) is 0 Å². The Balaban J connectivity index is 2.19. The van der Waals surface area contributed by atoms with Gasteiger partial charge in [0, 0.05) is 10.4 Å². The zero-order valence-electron chi connectivity index (χ0n) is 11.1. The van der Waals surface area contributed by atoms with E-state index in [0.29, 0.717) is 33.7 Å². The molecule has 0 aliphatic heterocycles. The molecule has 1 aromatic carbocycles. The third-order valence-electron chi connectivity index (χ3n) is 2.32. The van der Waals surface area contributed by atoms with Gasteiger partial charge in [-0.05, 0) is 18.2 Å². The second-order valence-corrected chi connectivity index (χ2v) is 7.37. The number of halogens is 1. The van der Waals surface area contributed by atoms with Gasteiger partial charge in [0.1, 0.15) is 0 Å². The molecule has 0 fully saturated rings. The lowest BCUT2D eigenvalue weighted by atomic mass is 10.2. The van der Waals surface area contributed by atoms with Crippen molar-refractivity contribution in [2.75, 3.05) is 5.73 Å². The van der Waals surface area contributed by atoms with Crippen molar-refractivity contribution in [2.45, 2.75) is 31.3 Å². The van der Waals surface area contributed by atoms with Crippen LogP contribution >= 0.6 is 23.4 Å². The van der Waals surface area contributed by atoms with E-state index in [1.165, 1.54) is 0 Å². The summed E-state index contributed by atoms with van der Waals surface area (Å²) in [6, 6.07) is 5.19. The van der Waals surface area contributed by atoms with Gasteiger partial charge >= 0.3 is 0 Å². The Morgan fingerprint density at radius 1 is 1.37 bits per heavy atom. The number of benzene rings is 1. The predicted molar refractivity (Wildman–Crippen MR) is 80.2 cm³/mol. The molecule has 6 heteroatoms. The first kappa shape index (κ1) is 14.2. The summed E-state index contributed by atoms with van der Waals surface area (Å²) in [6.07, 6.45) is 0. The summed E-state index contributed by atoms with van der Waals surface area (Å²) in [5.41, 5.74) is 7.02. The summed E-state index contributed by atoms with van der Waals surface area (Å²) >= 11 is 7.86. The molecule has 0 amide bonds. The average Bonchev–Trinajstić information content (AvgIpc) is 2.77. The fraction of sp³-hybridized carbons (Fsp3) is 0.385. The second kappa shape index (κ2) is 5.43. The van der Waals surface area contributed by atoms with Gasteiger partial charge in [-0.3, -0.25) is 0 Å². The Morgan fingerprint density at radius 3 is 2.79 bits per heavy atom. The fourth-order valence-electron chi connectivity index (χ4n) is 1.41. The normalized spacial score (nSPS) is 11.8. The van der Waals surface area contributed by atoms with Gasteiger partial charge in [0.25, 0.3) is 5.89 Å². The Kier molecular flexibility index (Phi) is 4.06. The summed E-state index contributed by atoms with van der Waals surface area (Å²) in [5.74, 6) is 1.77. The maximum atomic E-state index is 6.10. The maximum Gasteiger partial charge on any atom is 0.259 e.